The Morgan fingerprint density at radius 2 is 2.00 bits per heavy atom. The highest BCUT2D eigenvalue weighted by molar-refractivity contribution is 9.11. The van der Waals surface area contributed by atoms with Crippen LogP contribution in [0.3, 0.4) is 0 Å². The minimum absolute atomic E-state index is 0.619. The van der Waals surface area contributed by atoms with Gasteiger partial charge in [0.05, 0.1) is 10.0 Å². The molecule has 1 aliphatic rings. The molecule has 0 spiro atoms. The Kier molecular flexibility index (Phi) is 2.19. The molecule has 1 aromatic carbocycles. The highest BCUT2D eigenvalue weighted by Gasteiger charge is 2.15. The molecular formula is C9H5BrCl2. The summed E-state index contributed by atoms with van der Waals surface area (Å²) in [5.74, 6) is 0. The molecule has 0 fully saturated rings. The van der Waals surface area contributed by atoms with E-state index in [1.807, 2.05) is 18.2 Å². The summed E-state index contributed by atoms with van der Waals surface area (Å²) >= 11 is 15.3. The summed E-state index contributed by atoms with van der Waals surface area (Å²) in [4.78, 5) is 0. The van der Waals surface area contributed by atoms with Gasteiger partial charge in [-0.25, -0.2) is 0 Å². The summed E-state index contributed by atoms with van der Waals surface area (Å²) in [6.45, 7) is 0. The van der Waals surface area contributed by atoms with Gasteiger partial charge in [0, 0.05) is 10.9 Å². The first-order chi connectivity index (χ1) is 5.68. The van der Waals surface area contributed by atoms with Crippen molar-refractivity contribution in [3.8, 4) is 0 Å². The van der Waals surface area contributed by atoms with Crippen molar-refractivity contribution >= 4 is 45.2 Å². The molecule has 2 rings (SSSR count). The first-order valence-corrected chi connectivity index (χ1v) is 5.06. The third kappa shape index (κ3) is 1.30. The predicted octanol–water partition coefficient (Wildman–Crippen LogP) is 4.29. The largest absolute Gasteiger partial charge is 0.0827 e. The van der Waals surface area contributed by atoms with E-state index in [1.165, 1.54) is 5.56 Å². The van der Waals surface area contributed by atoms with E-state index in [2.05, 4.69) is 15.9 Å². The van der Waals surface area contributed by atoms with Crippen molar-refractivity contribution in [2.24, 2.45) is 0 Å². The first-order valence-electron chi connectivity index (χ1n) is 3.51. The van der Waals surface area contributed by atoms with Crippen LogP contribution in [0.4, 0.5) is 0 Å². The van der Waals surface area contributed by atoms with Crippen LogP contribution in [0.15, 0.2) is 16.6 Å². The Morgan fingerprint density at radius 1 is 1.25 bits per heavy atom. The molecule has 0 N–H and O–H groups in total. The summed E-state index contributed by atoms with van der Waals surface area (Å²) in [5, 5.41) is 1.28. The second-order valence-electron chi connectivity index (χ2n) is 2.70. The Bertz CT molecular complexity index is 369. The van der Waals surface area contributed by atoms with Crippen LogP contribution >= 0.6 is 39.1 Å². The van der Waals surface area contributed by atoms with Crippen LogP contribution in [-0.4, -0.2) is 0 Å². The molecule has 0 saturated heterocycles. The topological polar surface area (TPSA) is 0 Å². The molecule has 12 heavy (non-hydrogen) atoms. The predicted molar refractivity (Wildman–Crippen MR) is 57.1 cm³/mol. The van der Waals surface area contributed by atoms with Crippen LogP contribution < -0.4 is 0 Å². The van der Waals surface area contributed by atoms with Crippen LogP contribution in [0, 0.1) is 0 Å². The van der Waals surface area contributed by atoms with Crippen molar-refractivity contribution in [3.63, 3.8) is 0 Å². The van der Waals surface area contributed by atoms with E-state index in [0.29, 0.717) is 10.0 Å². The van der Waals surface area contributed by atoms with E-state index in [0.717, 1.165) is 16.5 Å². The lowest BCUT2D eigenvalue weighted by Crippen LogP contribution is -1.82. The smallest absolute Gasteiger partial charge is 0.0667 e. The summed E-state index contributed by atoms with van der Waals surface area (Å²) in [6.07, 6.45) is 2.94. The lowest BCUT2D eigenvalue weighted by molar-refractivity contribution is 1.30. The number of fused-ring (bicyclic) bond motifs is 1. The molecule has 62 valence electrons. The molecule has 1 aliphatic carbocycles. The molecule has 0 nitrogen and oxygen atoms in total. The highest BCUT2D eigenvalue weighted by Crippen LogP contribution is 2.36. The maximum absolute atomic E-state index is 6.01. The summed E-state index contributed by atoms with van der Waals surface area (Å²) in [6, 6.07) is 3.84. The van der Waals surface area contributed by atoms with Gasteiger partial charge in [0.2, 0.25) is 0 Å². The molecule has 0 heterocycles. The third-order valence-electron chi connectivity index (χ3n) is 1.88. The maximum atomic E-state index is 6.01. The number of hydrogen-bond donors (Lipinski definition) is 0. The average Bonchev–Trinajstić information content (AvgIpc) is 2.39. The zero-order valence-corrected chi connectivity index (χ0v) is 9.17. The minimum Gasteiger partial charge on any atom is -0.0827 e. The summed E-state index contributed by atoms with van der Waals surface area (Å²) in [5.41, 5.74) is 2.28. The molecule has 0 saturated carbocycles. The molecular weight excluding hydrogens is 259 g/mol. The van der Waals surface area contributed by atoms with Crippen molar-refractivity contribution in [1.82, 2.24) is 0 Å². The molecule has 0 aliphatic heterocycles. The Morgan fingerprint density at radius 3 is 2.75 bits per heavy atom. The van der Waals surface area contributed by atoms with Crippen molar-refractivity contribution in [1.29, 1.82) is 0 Å². The molecule has 0 radical (unpaired) electrons. The van der Waals surface area contributed by atoms with Gasteiger partial charge in [0.25, 0.3) is 0 Å². The molecule has 0 aromatic heterocycles. The maximum Gasteiger partial charge on any atom is 0.0667 e. The monoisotopic (exact) mass is 262 g/mol. The first kappa shape index (κ1) is 8.61. The summed E-state index contributed by atoms with van der Waals surface area (Å²) in [7, 11) is 0. The van der Waals surface area contributed by atoms with Crippen molar-refractivity contribution < 1.29 is 0 Å². The Hall–Kier alpha value is 0.0200. The lowest BCUT2D eigenvalue weighted by atomic mass is 10.1. The van der Waals surface area contributed by atoms with Gasteiger partial charge in [-0.15, -0.1) is 0 Å². The van der Waals surface area contributed by atoms with Gasteiger partial charge >= 0.3 is 0 Å². The zero-order valence-electron chi connectivity index (χ0n) is 6.07. The van der Waals surface area contributed by atoms with Crippen LogP contribution in [0.25, 0.3) is 6.08 Å². The number of halogens is 3. The second-order valence-corrected chi connectivity index (χ2v) is 4.51. The lowest BCUT2D eigenvalue weighted by Gasteiger charge is -2.01. The van der Waals surface area contributed by atoms with Crippen LogP contribution in [0.1, 0.15) is 11.1 Å². The van der Waals surface area contributed by atoms with E-state index in [4.69, 9.17) is 23.2 Å². The Balaban J connectivity index is 2.65. The summed E-state index contributed by atoms with van der Waals surface area (Å²) < 4.78 is 1.15. The standard InChI is InChI=1S/C9H5BrCl2/c10-6-3-5-1-2-8(11)9(12)7(5)4-6/h1-2,4H,3H2. The minimum atomic E-state index is 0.619. The fourth-order valence-corrected chi connectivity index (χ4v) is 2.24. The fourth-order valence-electron chi connectivity index (χ4n) is 1.31. The van der Waals surface area contributed by atoms with Gasteiger partial charge < -0.3 is 0 Å². The second kappa shape index (κ2) is 3.06. The van der Waals surface area contributed by atoms with E-state index in [9.17, 15) is 0 Å². The van der Waals surface area contributed by atoms with E-state index in [-0.39, 0.29) is 0 Å². The quantitative estimate of drug-likeness (QED) is 0.655. The molecule has 0 unspecified atom stereocenters. The van der Waals surface area contributed by atoms with Crippen molar-refractivity contribution in [2.45, 2.75) is 6.42 Å². The van der Waals surface area contributed by atoms with Crippen molar-refractivity contribution in [2.75, 3.05) is 0 Å². The van der Waals surface area contributed by atoms with Crippen LogP contribution in [0.2, 0.25) is 10.0 Å². The number of allylic oxidation sites excluding steroid dienone is 1. The Labute approximate surface area is 89.3 Å². The number of benzene rings is 1. The number of hydrogen-bond acceptors (Lipinski definition) is 0. The van der Waals surface area contributed by atoms with E-state index < -0.39 is 0 Å². The molecule has 0 atom stereocenters. The normalized spacial score (nSPS) is 14.4. The average molecular weight is 264 g/mol. The fraction of sp³-hybridized carbons (Fsp3) is 0.111. The van der Waals surface area contributed by atoms with Crippen molar-refractivity contribution in [3.05, 3.63) is 37.8 Å². The highest BCUT2D eigenvalue weighted by atomic mass is 79.9. The van der Waals surface area contributed by atoms with Gasteiger partial charge in [-0.1, -0.05) is 45.2 Å². The van der Waals surface area contributed by atoms with Crippen LogP contribution in [-0.2, 0) is 6.42 Å². The third-order valence-corrected chi connectivity index (χ3v) is 3.21. The molecule has 3 heteroatoms. The van der Waals surface area contributed by atoms with Gasteiger partial charge in [-0.2, -0.15) is 0 Å². The zero-order chi connectivity index (χ0) is 8.72. The molecule has 1 aromatic rings. The van der Waals surface area contributed by atoms with Gasteiger partial charge in [0.15, 0.2) is 0 Å². The SMILES string of the molecule is Clc1ccc2c(c1Cl)C=C(Br)C2. The molecule has 0 amide bonds. The van der Waals surface area contributed by atoms with E-state index >= 15 is 0 Å². The van der Waals surface area contributed by atoms with E-state index in [1.54, 1.807) is 0 Å². The molecule has 0 bridgehead atoms. The van der Waals surface area contributed by atoms with Gasteiger partial charge in [-0.3, -0.25) is 0 Å². The van der Waals surface area contributed by atoms with Gasteiger partial charge in [-0.05, 0) is 23.3 Å². The van der Waals surface area contributed by atoms with Crippen LogP contribution in [0.5, 0.6) is 0 Å². The number of rotatable bonds is 0. The van der Waals surface area contributed by atoms with Gasteiger partial charge in [0.1, 0.15) is 0 Å².